The van der Waals surface area contributed by atoms with E-state index in [0.29, 0.717) is 17.9 Å². The van der Waals surface area contributed by atoms with Crippen LogP contribution in [0, 0.1) is 11.8 Å². The quantitative estimate of drug-likeness (QED) is 0.292. The van der Waals surface area contributed by atoms with E-state index in [-0.39, 0.29) is 27.7 Å². The molecule has 1 unspecified atom stereocenters. The molecule has 3 aliphatic heterocycles. The molecule has 184 valence electrons. The Labute approximate surface area is 200 Å². The monoisotopic (exact) mass is 511 g/mol. The lowest BCUT2D eigenvalue weighted by Crippen LogP contribution is -2.63. The summed E-state index contributed by atoms with van der Waals surface area (Å²) >= 11 is 1.33. The van der Waals surface area contributed by atoms with Crippen molar-refractivity contribution in [2.24, 2.45) is 17.0 Å². The fourth-order valence-electron chi connectivity index (χ4n) is 4.71. The van der Waals surface area contributed by atoms with E-state index in [1.165, 1.54) is 41.8 Å². The zero-order chi connectivity index (χ0) is 24.9. The average Bonchev–Trinajstić information content (AvgIpc) is 3.30. The van der Waals surface area contributed by atoms with Gasteiger partial charge in [0.15, 0.2) is 5.03 Å². The summed E-state index contributed by atoms with van der Waals surface area (Å²) in [5.74, 6) is -2.86. The van der Waals surface area contributed by atoms with Crippen molar-refractivity contribution in [2.75, 3.05) is 11.9 Å². The van der Waals surface area contributed by atoms with Crippen molar-refractivity contribution in [3.05, 3.63) is 28.8 Å². The zero-order valence-electron chi connectivity index (χ0n) is 18.3. The molecular formula is C20H25N5O7S2. The first-order valence-electron chi connectivity index (χ1n) is 10.6. The molecule has 2 fully saturated rings. The molecule has 14 heteroatoms. The lowest BCUT2D eigenvalue weighted by Gasteiger charge is -2.46. The van der Waals surface area contributed by atoms with Gasteiger partial charge >= 0.3 is 5.97 Å². The Morgan fingerprint density at radius 1 is 1.38 bits per heavy atom. The number of anilines is 1. The highest BCUT2D eigenvalue weighted by atomic mass is 32.2. The van der Waals surface area contributed by atoms with E-state index in [1.54, 1.807) is 0 Å². The van der Waals surface area contributed by atoms with E-state index in [4.69, 9.17) is 5.14 Å². The molecule has 4 rings (SSSR count). The largest absolute Gasteiger partial charge is 0.477 e. The highest BCUT2D eigenvalue weighted by Gasteiger charge is 2.60. The third-order valence-corrected chi connectivity index (χ3v) is 8.60. The van der Waals surface area contributed by atoms with E-state index >= 15 is 0 Å². The van der Waals surface area contributed by atoms with E-state index in [9.17, 15) is 33.0 Å². The van der Waals surface area contributed by atoms with Crippen LogP contribution in [0.1, 0.15) is 20.3 Å². The number of pyridine rings is 1. The molecule has 6 N–H and O–H groups in total. The standard InChI is InChI=1S/C20H25N5O7S2/c1-8-15-14(9(2)26)19(28)25(15)16(20(29)30)17(8)33-10-6-11(22-7-10)18(27)24-12-4-3-5-13(23-12)34(21,31)32/h3-5,8-11,14-15,22,26H,6-7H2,1-2H3,(H,29,30)(H2,21,31,32)(H,23,24,27)/t8?,9-,10+,11+,14-,15-/m1/s1. The first-order valence-corrected chi connectivity index (χ1v) is 13.0. The molecule has 0 radical (unpaired) electrons. The summed E-state index contributed by atoms with van der Waals surface area (Å²) in [6.07, 6.45) is -0.495. The maximum Gasteiger partial charge on any atom is 0.353 e. The van der Waals surface area contributed by atoms with Crippen LogP contribution in [0.2, 0.25) is 0 Å². The second-order valence-electron chi connectivity index (χ2n) is 8.60. The van der Waals surface area contributed by atoms with Crippen LogP contribution >= 0.6 is 11.8 Å². The molecule has 4 heterocycles. The number of hydrogen-bond acceptors (Lipinski definition) is 9. The number of aliphatic hydroxyl groups excluding tert-OH is 1. The van der Waals surface area contributed by atoms with Crippen molar-refractivity contribution < 1.29 is 33.0 Å². The number of nitrogens with one attached hydrogen (secondary N) is 2. The van der Waals surface area contributed by atoms with Crippen molar-refractivity contribution in [2.45, 2.75) is 48.7 Å². The van der Waals surface area contributed by atoms with Gasteiger partial charge < -0.3 is 25.7 Å². The predicted molar refractivity (Wildman–Crippen MR) is 122 cm³/mol. The molecule has 2 amide bonds. The molecule has 0 aliphatic carbocycles. The van der Waals surface area contributed by atoms with Crippen molar-refractivity contribution in [1.29, 1.82) is 0 Å². The number of fused-ring (bicyclic) bond motifs is 1. The maximum absolute atomic E-state index is 12.7. The predicted octanol–water partition coefficient (Wildman–Crippen LogP) is -0.715. The number of nitrogens with two attached hydrogens (primary N) is 1. The number of aromatic nitrogens is 1. The van der Waals surface area contributed by atoms with Crippen molar-refractivity contribution >= 4 is 45.4 Å². The summed E-state index contributed by atoms with van der Waals surface area (Å²) in [5.41, 5.74) is -0.0543. The lowest BCUT2D eigenvalue weighted by atomic mass is 9.79. The van der Waals surface area contributed by atoms with Crippen LogP contribution in [0.25, 0.3) is 0 Å². The first kappa shape index (κ1) is 24.6. The number of β-lactam (4-membered cyclic amide) rings is 1. The van der Waals surface area contributed by atoms with Gasteiger partial charge in [-0.1, -0.05) is 13.0 Å². The average molecular weight is 512 g/mol. The number of aliphatic carboxylic acids is 1. The Hall–Kier alpha value is -2.52. The molecule has 1 aromatic heterocycles. The molecule has 34 heavy (non-hydrogen) atoms. The van der Waals surface area contributed by atoms with Crippen LogP contribution in [0.15, 0.2) is 33.8 Å². The molecule has 6 atom stereocenters. The van der Waals surface area contributed by atoms with Crippen LogP contribution in [-0.4, -0.2) is 76.3 Å². The van der Waals surface area contributed by atoms with Crippen LogP contribution in [-0.2, 0) is 24.4 Å². The Balaban J connectivity index is 1.44. The van der Waals surface area contributed by atoms with Gasteiger partial charge in [-0.25, -0.2) is 23.3 Å². The number of rotatable bonds is 7. The summed E-state index contributed by atoms with van der Waals surface area (Å²) in [6.45, 7) is 3.79. The number of sulfonamides is 1. The number of thioether (sulfide) groups is 1. The smallest absolute Gasteiger partial charge is 0.353 e. The number of carbonyl (C=O) groups excluding carboxylic acids is 2. The number of aliphatic hydroxyl groups is 1. The van der Waals surface area contributed by atoms with Gasteiger partial charge in [0, 0.05) is 22.6 Å². The number of carboxylic acids is 1. The molecule has 2 saturated heterocycles. The highest BCUT2D eigenvalue weighted by Crippen LogP contribution is 2.51. The maximum atomic E-state index is 12.7. The summed E-state index contributed by atoms with van der Waals surface area (Å²) in [7, 11) is -4.02. The molecule has 1 aromatic rings. The second kappa shape index (κ2) is 8.92. The molecule has 12 nitrogen and oxygen atoms in total. The second-order valence-corrected chi connectivity index (χ2v) is 11.5. The van der Waals surface area contributed by atoms with Gasteiger partial charge in [0.2, 0.25) is 11.8 Å². The SMILES string of the molecule is CC1C(S[C@@H]2CN[C@H](C(=O)Nc3cccc(S(N)(=O)=O)n3)C2)=C(C(=O)O)N2C(=O)[C@H]([C@@H](C)O)[C@@H]12. The topological polar surface area (TPSA) is 192 Å². The number of hydrogen-bond donors (Lipinski definition) is 5. The molecule has 0 aromatic carbocycles. The van der Waals surface area contributed by atoms with Gasteiger partial charge in [0.1, 0.15) is 11.5 Å². The molecule has 3 aliphatic rings. The summed E-state index contributed by atoms with van der Waals surface area (Å²) < 4.78 is 22.9. The normalized spacial score (nSPS) is 29.6. The van der Waals surface area contributed by atoms with Crippen LogP contribution < -0.4 is 15.8 Å². The van der Waals surface area contributed by atoms with Gasteiger partial charge in [-0.05, 0) is 25.5 Å². The highest BCUT2D eigenvalue weighted by molar-refractivity contribution is 8.03. The molecule has 0 spiro atoms. The van der Waals surface area contributed by atoms with Gasteiger partial charge in [0.05, 0.1) is 24.1 Å². The lowest BCUT2D eigenvalue weighted by molar-refractivity contribution is -0.163. The third kappa shape index (κ3) is 4.31. The Bertz CT molecular complexity index is 1190. The number of carboxylic acid groups (broad SMARTS) is 1. The van der Waals surface area contributed by atoms with Crippen LogP contribution in [0.4, 0.5) is 5.82 Å². The fraction of sp³-hybridized carbons (Fsp3) is 0.500. The number of primary sulfonamides is 1. The molecule has 0 saturated carbocycles. The molecular weight excluding hydrogens is 486 g/mol. The minimum Gasteiger partial charge on any atom is -0.477 e. The van der Waals surface area contributed by atoms with Gasteiger partial charge in [-0.3, -0.25) is 9.59 Å². The minimum absolute atomic E-state index is 0.0433. The Morgan fingerprint density at radius 3 is 2.71 bits per heavy atom. The van der Waals surface area contributed by atoms with E-state index in [1.807, 2.05) is 6.92 Å². The van der Waals surface area contributed by atoms with Gasteiger partial charge in [-0.15, -0.1) is 11.8 Å². The number of carbonyl (C=O) groups is 3. The Morgan fingerprint density at radius 2 is 2.09 bits per heavy atom. The van der Waals surface area contributed by atoms with Crippen molar-refractivity contribution in [3.8, 4) is 0 Å². The fourth-order valence-corrected chi connectivity index (χ4v) is 6.68. The van der Waals surface area contributed by atoms with Crippen molar-refractivity contribution in [1.82, 2.24) is 15.2 Å². The number of amides is 2. The summed E-state index contributed by atoms with van der Waals surface area (Å²) in [4.78, 5) is 42.8. The van der Waals surface area contributed by atoms with Crippen LogP contribution in [0.5, 0.6) is 0 Å². The minimum atomic E-state index is -4.02. The first-order chi connectivity index (χ1) is 15.9. The van der Waals surface area contributed by atoms with Crippen molar-refractivity contribution in [3.63, 3.8) is 0 Å². The van der Waals surface area contributed by atoms with E-state index in [0.717, 1.165) is 0 Å². The zero-order valence-corrected chi connectivity index (χ0v) is 20.0. The number of nitrogens with zero attached hydrogens (tertiary/aromatic N) is 2. The Kier molecular flexibility index (Phi) is 6.46. The van der Waals surface area contributed by atoms with E-state index < -0.39 is 51.9 Å². The molecule has 0 bridgehead atoms. The van der Waals surface area contributed by atoms with Crippen LogP contribution in [0.3, 0.4) is 0 Å². The van der Waals surface area contributed by atoms with Gasteiger partial charge in [-0.2, -0.15) is 0 Å². The van der Waals surface area contributed by atoms with Gasteiger partial charge in [0.25, 0.3) is 10.0 Å². The van der Waals surface area contributed by atoms with E-state index in [2.05, 4.69) is 15.6 Å². The third-order valence-electron chi connectivity index (χ3n) is 6.28. The summed E-state index contributed by atoms with van der Waals surface area (Å²) in [5, 5.41) is 29.9. The summed E-state index contributed by atoms with van der Waals surface area (Å²) in [6, 6.07) is 3.07.